The molecule has 1 fully saturated rings. The summed E-state index contributed by atoms with van der Waals surface area (Å²) in [5, 5.41) is 0. The summed E-state index contributed by atoms with van der Waals surface area (Å²) < 4.78 is 5.42. The molecule has 1 heterocycles. The topological polar surface area (TPSA) is 9.23 Å². The van der Waals surface area contributed by atoms with E-state index in [1.54, 1.807) is 0 Å². The Labute approximate surface area is 63.1 Å². The van der Waals surface area contributed by atoms with Crippen molar-refractivity contribution in [1.29, 1.82) is 0 Å². The van der Waals surface area contributed by atoms with Crippen LogP contribution in [0.2, 0.25) is 0 Å². The molecule has 1 rings (SSSR count). The van der Waals surface area contributed by atoms with Gasteiger partial charge in [-0.15, -0.1) is 0 Å². The predicted molar refractivity (Wildman–Crippen MR) is 43.0 cm³/mol. The van der Waals surface area contributed by atoms with Gasteiger partial charge in [0.25, 0.3) is 0 Å². The lowest BCUT2D eigenvalue weighted by atomic mass is 10.1. The average Bonchev–Trinajstić information content (AvgIpc) is 2.34. The highest BCUT2D eigenvalue weighted by Gasteiger charge is 2.10. The Kier molecular flexibility index (Phi) is 2.94. The van der Waals surface area contributed by atoms with Crippen LogP contribution in [0.15, 0.2) is 12.2 Å². The largest absolute Gasteiger partial charge is 0.374 e. The molecule has 0 aromatic rings. The summed E-state index contributed by atoms with van der Waals surface area (Å²) in [6, 6.07) is 0. The van der Waals surface area contributed by atoms with Crippen molar-refractivity contribution in [1.82, 2.24) is 0 Å². The van der Waals surface area contributed by atoms with Gasteiger partial charge in [-0.25, -0.2) is 0 Å². The molecule has 1 aliphatic heterocycles. The van der Waals surface area contributed by atoms with Crippen LogP contribution in [-0.2, 0) is 4.74 Å². The minimum atomic E-state index is 0.419. The van der Waals surface area contributed by atoms with Gasteiger partial charge in [0, 0.05) is 6.61 Å². The molecule has 1 nitrogen and oxygen atoms in total. The summed E-state index contributed by atoms with van der Waals surface area (Å²) in [6.07, 6.45) is 7.27. The Bertz CT molecular complexity index is 110. The van der Waals surface area contributed by atoms with Crippen molar-refractivity contribution in [2.75, 3.05) is 6.61 Å². The van der Waals surface area contributed by atoms with Crippen LogP contribution in [0.25, 0.3) is 0 Å². The molecule has 0 N–H and O–H groups in total. The standard InChI is InChI=1S/C9H16O/c1-8(2)5-6-9-4-3-7-10-9/h5-6,8-9H,3-4,7H2,1-2H3. The minimum absolute atomic E-state index is 0.419. The van der Waals surface area contributed by atoms with Gasteiger partial charge in [0.05, 0.1) is 6.10 Å². The van der Waals surface area contributed by atoms with E-state index in [-0.39, 0.29) is 0 Å². The van der Waals surface area contributed by atoms with Gasteiger partial charge in [-0.3, -0.25) is 0 Å². The van der Waals surface area contributed by atoms with Crippen LogP contribution >= 0.6 is 0 Å². The van der Waals surface area contributed by atoms with E-state index in [9.17, 15) is 0 Å². The van der Waals surface area contributed by atoms with Crippen LogP contribution in [0, 0.1) is 5.92 Å². The maximum atomic E-state index is 5.42. The van der Waals surface area contributed by atoms with Crippen LogP contribution in [0.4, 0.5) is 0 Å². The third-order valence-corrected chi connectivity index (χ3v) is 1.68. The molecule has 1 aliphatic rings. The fourth-order valence-electron chi connectivity index (χ4n) is 1.10. The first-order valence-electron chi connectivity index (χ1n) is 4.09. The van der Waals surface area contributed by atoms with Crippen molar-refractivity contribution in [3.05, 3.63) is 12.2 Å². The van der Waals surface area contributed by atoms with Gasteiger partial charge < -0.3 is 4.74 Å². The zero-order valence-corrected chi connectivity index (χ0v) is 6.84. The lowest BCUT2D eigenvalue weighted by Gasteiger charge is -2.01. The molecule has 0 radical (unpaired) electrons. The fraction of sp³-hybridized carbons (Fsp3) is 0.778. The average molecular weight is 140 g/mol. The van der Waals surface area contributed by atoms with Crippen LogP contribution in [-0.4, -0.2) is 12.7 Å². The summed E-state index contributed by atoms with van der Waals surface area (Å²) in [5.74, 6) is 0.657. The zero-order valence-electron chi connectivity index (χ0n) is 6.84. The third kappa shape index (κ3) is 2.53. The van der Waals surface area contributed by atoms with E-state index in [4.69, 9.17) is 4.74 Å². The van der Waals surface area contributed by atoms with Gasteiger partial charge in [-0.05, 0) is 18.8 Å². The molecule has 0 aliphatic carbocycles. The molecule has 1 saturated heterocycles. The van der Waals surface area contributed by atoms with Crippen LogP contribution < -0.4 is 0 Å². The van der Waals surface area contributed by atoms with Crippen molar-refractivity contribution in [2.45, 2.75) is 32.8 Å². The molecule has 58 valence electrons. The SMILES string of the molecule is CC(C)C=CC1CCCO1. The third-order valence-electron chi connectivity index (χ3n) is 1.68. The molecular weight excluding hydrogens is 124 g/mol. The monoisotopic (exact) mass is 140 g/mol. The fourth-order valence-corrected chi connectivity index (χ4v) is 1.10. The highest BCUT2D eigenvalue weighted by atomic mass is 16.5. The number of ether oxygens (including phenoxy) is 1. The Morgan fingerprint density at radius 2 is 2.30 bits per heavy atom. The van der Waals surface area contributed by atoms with Crippen LogP contribution in [0.1, 0.15) is 26.7 Å². The quantitative estimate of drug-likeness (QED) is 0.535. The molecule has 1 heteroatoms. The number of rotatable bonds is 2. The summed E-state index contributed by atoms with van der Waals surface area (Å²) in [5.41, 5.74) is 0. The minimum Gasteiger partial charge on any atom is -0.374 e. The second-order valence-electron chi connectivity index (χ2n) is 3.18. The Hall–Kier alpha value is -0.300. The van der Waals surface area contributed by atoms with E-state index in [1.807, 2.05) is 0 Å². The highest BCUT2D eigenvalue weighted by Crippen LogP contribution is 2.13. The summed E-state index contributed by atoms with van der Waals surface area (Å²) in [4.78, 5) is 0. The molecule has 0 saturated carbocycles. The molecular formula is C9H16O. The van der Waals surface area contributed by atoms with Gasteiger partial charge in [-0.1, -0.05) is 26.0 Å². The van der Waals surface area contributed by atoms with E-state index in [1.165, 1.54) is 12.8 Å². The second-order valence-corrected chi connectivity index (χ2v) is 3.18. The molecule has 0 amide bonds. The van der Waals surface area contributed by atoms with Crippen LogP contribution in [0.5, 0.6) is 0 Å². The highest BCUT2D eigenvalue weighted by molar-refractivity contribution is 4.92. The summed E-state index contributed by atoms with van der Waals surface area (Å²) >= 11 is 0. The van der Waals surface area contributed by atoms with E-state index in [0.717, 1.165) is 6.61 Å². The Morgan fingerprint density at radius 1 is 1.50 bits per heavy atom. The van der Waals surface area contributed by atoms with E-state index < -0.39 is 0 Å². The first kappa shape index (κ1) is 7.80. The maximum Gasteiger partial charge on any atom is 0.0756 e. The van der Waals surface area contributed by atoms with E-state index in [0.29, 0.717) is 12.0 Å². The molecule has 0 bridgehead atoms. The number of hydrogen-bond acceptors (Lipinski definition) is 1. The Balaban J connectivity index is 2.23. The van der Waals surface area contributed by atoms with Crippen molar-refractivity contribution in [3.8, 4) is 0 Å². The normalized spacial score (nSPS) is 26.9. The van der Waals surface area contributed by atoms with Gasteiger partial charge in [-0.2, -0.15) is 0 Å². The van der Waals surface area contributed by atoms with Crippen molar-refractivity contribution in [3.63, 3.8) is 0 Å². The predicted octanol–water partition coefficient (Wildman–Crippen LogP) is 2.38. The van der Waals surface area contributed by atoms with Crippen molar-refractivity contribution < 1.29 is 4.74 Å². The van der Waals surface area contributed by atoms with Gasteiger partial charge in [0.1, 0.15) is 0 Å². The Morgan fingerprint density at radius 3 is 2.80 bits per heavy atom. The second kappa shape index (κ2) is 3.77. The lowest BCUT2D eigenvalue weighted by Crippen LogP contribution is -1.99. The molecule has 0 spiro atoms. The van der Waals surface area contributed by atoms with Crippen molar-refractivity contribution in [2.24, 2.45) is 5.92 Å². The smallest absolute Gasteiger partial charge is 0.0756 e. The molecule has 0 aromatic carbocycles. The van der Waals surface area contributed by atoms with Gasteiger partial charge in [0.2, 0.25) is 0 Å². The summed E-state index contributed by atoms with van der Waals surface area (Å²) in [6.45, 7) is 5.32. The van der Waals surface area contributed by atoms with Crippen molar-refractivity contribution >= 4 is 0 Å². The number of hydrogen-bond donors (Lipinski definition) is 0. The van der Waals surface area contributed by atoms with Crippen LogP contribution in [0.3, 0.4) is 0 Å². The molecule has 1 atom stereocenters. The molecule has 1 unspecified atom stereocenters. The van der Waals surface area contributed by atoms with Gasteiger partial charge in [0.15, 0.2) is 0 Å². The first-order chi connectivity index (χ1) is 4.79. The summed E-state index contributed by atoms with van der Waals surface area (Å²) in [7, 11) is 0. The zero-order chi connectivity index (χ0) is 7.40. The lowest BCUT2D eigenvalue weighted by molar-refractivity contribution is 0.145. The molecule has 10 heavy (non-hydrogen) atoms. The van der Waals surface area contributed by atoms with E-state index in [2.05, 4.69) is 26.0 Å². The maximum absolute atomic E-state index is 5.42. The van der Waals surface area contributed by atoms with Gasteiger partial charge >= 0.3 is 0 Å². The molecule has 0 aromatic heterocycles. The number of allylic oxidation sites excluding steroid dienone is 1. The first-order valence-corrected chi connectivity index (χ1v) is 4.09. The van der Waals surface area contributed by atoms with E-state index >= 15 is 0 Å².